The van der Waals surface area contributed by atoms with Gasteiger partial charge in [0.2, 0.25) is 5.91 Å². The zero-order valence-corrected chi connectivity index (χ0v) is 16.8. The number of halogens is 3. The van der Waals surface area contributed by atoms with Crippen LogP contribution < -0.4 is 4.90 Å². The summed E-state index contributed by atoms with van der Waals surface area (Å²) in [5.74, 6) is -0.722. The smallest absolute Gasteiger partial charge is 0.378 e. The van der Waals surface area contributed by atoms with Gasteiger partial charge in [0.05, 0.1) is 24.8 Å². The number of benzene rings is 1. The van der Waals surface area contributed by atoms with Crippen LogP contribution in [-0.4, -0.2) is 61.3 Å². The Labute approximate surface area is 172 Å². The van der Waals surface area contributed by atoms with Crippen molar-refractivity contribution in [3.63, 3.8) is 0 Å². The molecule has 2 atom stereocenters. The van der Waals surface area contributed by atoms with Crippen LogP contribution in [0.1, 0.15) is 48.5 Å². The van der Waals surface area contributed by atoms with Crippen molar-refractivity contribution in [2.75, 3.05) is 37.7 Å². The molecule has 0 N–H and O–H groups in total. The van der Waals surface area contributed by atoms with Gasteiger partial charge in [-0.2, -0.15) is 13.2 Å². The van der Waals surface area contributed by atoms with E-state index in [2.05, 4.69) is 0 Å². The number of ether oxygens (including phenoxy) is 2. The van der Waals surface area contributed by atoms with Crippen LogP contribution >= 0.6 is 0 Å². The van der Waals surface area contributed by atoms with Gasteiger partial charge in [0, 0.05) is 37.4 Å². The fourth-order valence-electron chi connectivity index (χ4n) is 4.58. The largest absolute Gasteiger partial charge is 0.416 e. The third-order valence-corrected chi connectivity index (χ3v) is 5.86. The van der Waals surface area contributed by atoms with Gasteiger partial charge in [-0.15, -0.1) is 0 Å². The average molecular weight is 426 g/mol. The molecule has 3 aliphatic rings. The Kier molecular flexibility index (Phi) is 5.52. The minimum Gasteiger partial charge on any atom is -0.378 e. The number of amides is 2. The number of hydrogen-bond acceptors (Lipinski definition) is 4. The van der Waals surface area contributed by atoms with E-state index >= 15 is 0 Å². The summed E-state index contributed by atoms with van der Waals surface area (Å²) in [6.07, 6.45) is -2.46. The molecular weight excluding hydrogens is 401 g/mol. The zero-order valence-electron chi connectivity index (χ0n) is 16.8. The number of hydrogen-bond donors (Lipinski definition) is 0. The van der Waals surface area contributed by atoms with E-state index in [0.29, 0.717) is 32.6 Å². The molecule has 164 valence electrons. The molecule has 3 saturated heterocycles. The number of morpholine rings is 1. The Bertz CT molecular complexity index is 836. The monoisotopic (exact) mass is 426 g/mol. The predicted octanol–water partition coefficient (Wildman–Crippen LogP) is 3.24. The Morgan fingerprint density at radius 1 is 1.23 bits per heavy atom. The van der Waals surface area contributed by atoms with Gasteiger partial charge in [-0.3, -0.25) is 9.59 Å². The molecule has 0 unspecified atom stereocenters. The topological polar surface area (TPSA) is 59.1 Å². The molecule has 9 heteroatoms. The molecule has 1 spiro atoms. The summed E-state index contributed by atoms with van der Waals surface area (Å²) in [6, 6.07) is 3.21. The lowest BCUT2D eigenvalue weighted by Gasteiger charge is -2.47. The normalized spacial score (nSPS) is 27.7. The van der Waals surface area contributed by atoms with E-state index in [-0.39, 0.29) is 36.4 Å². The fourth-order valence-corrected chi connectivity index (χ4v) is 4.58. The van der Waals surface area contributed by atoms with E-state index < -0.39 is 23.2 Å². The number of anilines is 1. The van der Waals surface area contributed by atoms with Gasteiger partial charge in [-0.25, -0.2) is 0 Å². The van der Waals surface area contributed by atoms with Crippen molar-refractivity contribution in [3.05, 3.63) is 29.3 Å². The third-order valence-electron chi connectivity index (χ3n) is 5.86. The Morgan fingerprint density at radius 2 is 2.03 bits per heavy atom. The Hall–Kier alpha value is -2.13. The summed E-state index contributed by atoms with van der Waals surface area (Å²) >= 11 is 0. The number of carbonyl (C=O) groups excluding carboxylic acids is 2. The summed E-state index contributed by atoms with van der Waals surface area (Å²) in [4.78, 5) is 28.2. The highest BCUT2D eigenvalue weighted by Crippen LogP contribution is 2.36. The number of alkyl halides is 3. The minimum absolute atomic E-state index is 0.0690. The molecule has 0 radical (unpaired) electrons. The van der Waals surface area contributed by atoms with Crippen molar-refractivity contribution in [1.82, 2.24) is 4.90 Å². The van der Waals surface area contributed by atoms with Crippen molar-refractivity contribution in [2.45, 2.75) is 50.5 Å². The minimum atomic E-state index is -4.62. The number of carbonyl (C=O) groups is 2. The summed E-state index contributed by atoms with van der Waals surface area (Å²) in [5.41, 5.74) is -1.51. The van der Waals surface area contributed by atoms with E-state index in [9.17, 15) is 22.8 Å². The molecule has 2 amide bonds. The second kappa shape index (κ2) is 7.85. The maximum Gasteiger partial charge on any atom is 0.416 e. The van der Waals surface area contributed by atoms with Crippen LogP contribution in [0.4, 0.5) is 18.9 Å². The van der Waals surface area contributed by atoms with E-state index in [1.54, 1.807) is 4.90 Å². The van der Waals surface area contributed by atoms with E-state index in [4.69, 9.17) is 9.47 Å². The number of nitrogens with zero attached hydrogens (tertiary/aromatic N) is 2. The van der Waals surface area contributed by atoms with E-state index in [0.717, 1.165) is 25.0 Å². The molecule has 0 saturated carbocycles. The molecule has 3 fully saturated rings. The van der Waals surface area contributed by atoms with Gasteiger partial charge >= 0.3 is 6.18 Å². The van der Waals surface area contributed by atoms with Gasteiger partial charge in [0.15, 0.2) is 0 Å². The van der Waals surface area contributed by atoms with E-state index in [1.165, 1.54) is 11.0 Å². The summed E-state index contributed by atoms with van der Waals surface area (Å²) < 4.78 is 52.2. The zero-order chi connectivity index (χ0) is 21.5. The fraction of sp³-hybridized carbons (Fsp3) is 0.619. The molecule has 3 heterocycles. The van der Waals surface area contributed by atoms with Gasteiger partial charge in [-0.1, -0.05) is 0 Å². The number of rotatable bonds is 2. The van der Waals surface area contributed by atoms with Crippen molar-refractivity contribution in [2.24, 2.45) is 0 Å². The molecule has 0 aromatic heterocycles. The third kappa shape index (κ3) is 4.18. The van der Waals surface area contributed by atoms with Gasteiger partial charge in [-0.05, 0) is 44.4 Å². The molecule has 6 nitrogen and oxygen atoms in total. The maximum absolute atomic E-state index is 13.5. The second-order valence-corrected chi connectivity index (χ2v) is 8.37. The summed E-state index contributed by atoms with van der Waals surface area (Å²) in [6.45, 7) is 3.74. The Balaban J connectivity index is 1.66. The molecule has 1 aromatic rings. The van der Waals surface area contributed by atoms with Crippen LogP contribution in [-0.2, 0) is 20.4 Å². The Morgan fingerprint density at radius 3 is 2.67 bits per heavy atom. The summed E-state index contributed by atoms with van der Waals surface area (Å²) in [5, 5.41) is 0. The first-order valence-corrected chi connectivity index (χ1v) is 10.2. The highest BCUT2D eigenvalue weighted by molar-refractivity contribution is 5.99. The SMILES string of the molecule is C[C@@H]1CN(C(=O)c2cc(N3CCCC3=O)cc(C(F)(F)F)c2)C[C@@]2(CCCOC2)O1. The van der Waals surface area contributed by atoms with Crippen LogP contribution in [0.15, 0.2) is 18.2 Å². The first kappa shape index (κ1) is 21.1. The summed E-state index contributed by atoms with van der Waals surface area (Å²) in [7, 11) is 0. The standard InChI is InChI=1S/C21H25F3N2O4/c1-14-11-25(12-20(30-14)5-3-7-29-13-20)19(28)15-8-16(21(22,23)24)10-17(9-15)26-6-2-4-18(26)27/h8-10,14H,2-7,11-13H2,1H3/t14-,20-/m1/s1. The molecule has 0 aliphatic carbocycles. The van der Waals surface area contributed by atoms with Crippen LogP contribution in [0.5, 0.6) is 0 Å². The molecule has 30 heavy (non-hydrogen) atoms. The quantitative estimate of drug-likeness (QED) is 0.729. The average Bonchev–Trinajstić information content (AvgIpc) is 3.12. The lowest BCUT2D eigenvalue weighted by Crippen LogP contribution is -2.59. The molecule has 4 rings (SSSR count). The van der Waals surface area contributed by atoms with Crippen molar-refractivity contribution in [1.29, 1.82) is 0 Å². The molecule has 0 bridgehead atoms. The molecule has 3 aliphatic heterocycles. The van der Waals surface area contributed by atoms with Crippen molar-refractivity contribution in [3.8, 4) is 0 Å². The lowest BCUT2D eigenvalue weighted by molar-refractivity contribution is -0.188. The second-order valence-electron chi connectivity index (χ2n) is 8.37. The van der Waals surface area contributed by atoms with Gasteiger partial charge in [0.1, 0.15) is 5.60 Å². The maximum atomic E-state index is 13.5. The van der Waals surface area contributed by atoms with Crippen LogP contribution in [0.3, 0.4) is 0 Å². The predicted molar refractivity (Wildman–Crippen MR) is 102 cm³/mol. The van der Waals surface area contributed by atoms with Gasteiger partial charge in [0.25, 0.3) is 5.91 Å². The highest BCUT2D eigenvalue weighted by Gasteiger charge is 2.43. The lowest BCUT2D eigenvalue weighted by atomic mass is 9.93. The first-order chi connectivity index (χ1) is 14.2. The van der Waals surface area contributed by atoms with Crippen molar-refractivity contribution < 1.29 is 32.2 Å². The van der Waals surface area contributed by atoms with Crippen LogP contribution in [0, 0.1) is 0 Å². The molecule has 1 aromatic carbocycles. The van der Waals surface area contributed by atoms with Crippen molar-refractivity contribution >= 4 is 17.5 Å². The van der Waals surface area contributed by atoms with Crippen LogP contribution in [0.25, 0.3) is 0 Å². The van der Waals surface area contributed by atoms with Crippen LogP contribution in [0.2, 0.25) is 0 Å². The van der Waals surface area contributed by atoms with Gasteiger partial charge < -0.3 is 19.3 Å². The molecular formula is C21H25F3N2O4. The highest BCUT2D eigenvalue weighted by atomic mass is 19.4. The first-order valence-electron chi connectivity index (χ1n) is 10.2. The van der Waals surface area contributed by atoms with E-state index in [1.807, 2.05) is 6.92 Å².